The fourth-order valence-electron chi connectivity index (χ4n) is 4.18. The Balaban J connectivity index is 1.54. The molecule has 2 N–H and O–H groups in total. The Morgan fingerprint density at radius 2 is 1.70 bits per heavy atom. The minimum Gasteiger partial charge on any atom is -0.324 e. The lowest BCUT2D eigenvalue weighted by atomic mass is 9.89. The molecule has 6 nitrogen and oxygen atoms in total. The van der Waals surface area contributed by atoms with Crippen molar-refractivity contribution in [3.63, 3.8) is 0 Å². The number of carbonyl (C=O) groups is 2. The maximum absolute atomic E-state index is 13.5. The Hall–Kier alpha value is -3.51. The van der Waals surface area contributed by atoms with Crippen LogP contribution >= 0.6 is 0 Å². The van der Waals surface area contributed by atoms with Crippen molar-refractivity contribution in [2.24, 2.45) is 0 Å². The molecule has 1 aliphatic heterocycles. The number of aromatic nitrogens is 1. The number of benzene rings is 2. The number of pyridine rings is 1. The molecule has 2 aromatic carbocycles. The van der Waals surface area contributed by atoms with Crippen molar-refractivity contribution < 1.29 is 9.59 Å². The monoisotopic (exact) mass is 442 g/mol. The van der Waals surface area contributed by atoms with Crippen molar-refractivity contribution in [3.8, 4) is 0 Å². The van der Waals surface area contributed by atoms with Gasteiger partial charge in [0.1, 0.15) is 5.54 Å². The Morgan fingerprint density at radius 1 is 1.00 bits per heavy atom. The fourth-order valence-corrected chi connectivity index (χ4v) is 4.18. The molecule has 2 amide bonds. The molecule has 0 saturated carbocycles. The zero-order valence-electron chi connectivity index (χ0n) is 19.0. The Kier molecular flexibility index (Phi) is 7.15. The number of rotatable bonds is 8. The summed E-state index contributed by atoms with van der Waals surface area (Å²) in [5, 5.41) is 6.36. The van der Waals surface area contributed by atoms with Gasteiger partial charge in [-0.15, -0.1) is 0 Å². The molecule has 3 aromatic rings. The van der Waals surface area contributed by atoms with Gasteiger partial charge in [-0.05, 0) is 49.6 Å². The average Bonchev–Trinajstić information content (AvgIpc) is 3.32. The van der Waals surface area contributed by atoms with Gasteiger partial charge in [0.05, 0.1) is 0 Å². The zero-order chi connectivity index (χ0) is 23.1. The topological polar surface area (TPSA) is 74.3 Å². The van der Waals surface area contributed by atoms with Gasteiger partial charge in [0, 0.05) is 37.1 Å². The smallest absolute Gasteiger partial charge is 0.318 e. The summed E-state index contributed by atoms with van der Waals surface area (Å²) in [5.41, 5.74) is 2.61. The van der Waals surface area contributed by atoms with Gasteiger partial charge in [-0.25, -0.2) is 4.79 Å². The quantitative estimate of drug-likeness (QED) is 0.521. The lowest BCUT2D eigenvalue weighted by Gasteiger charge is -2.32. The number of hydrogen-bond acceptors (Lipinski definition) is 4. The van der Waals surface area contributed by atoms with Crippen LogP contribution in [0.3, 0.4) is 0 Å². The number of carbonyl (C=O) groups excluding carboxylic acids is 2. The Labute approximate surface area is 195 Å². The molecule has 1 aromatic heterocycles. The molecule has 0 bridgehead atoms. The number of aryl methyl sites for hydroxylation is 1. The molecule has 0 spiro atoms. The largest absolute Gasteiger partial charge is 0.324 e. The molecule has 1 atom stereocenters. The molecule has 1 aliphatic rings. The van der Waals surface area contributed by atoms with Crippen LogP contribution in [0.1, 0.15) is 33.6 Å². The van der Waals surface area contributed by atoms with E-state index in [-0.39, 0.29) is 11.8 Å². The molecule has 1 fully saturated rings. The highest BCUT2D eigenvalue weighted by Crippen LogP contribution is 2.22. The third-order valence-electron chi connectivity index (χ3n) is 6.13. The van der Waals surface area contributed by atoms with E-state index < -0.39 is 5.54 Å². The summed E-state index contributed by atoms with van der Waals surface area (Å²) in [6, 6.07) is 23.4. The van der Waals surface area contributed by atoms with E-state index in [0.29, 0.717) is 38.2 Å². The first-order chi connectivity index (χ1) is 16.1. The summed E-state index contributed by atoms with van der Waals surface area (Å²) < 4.78 is 0. The minimum absolute atomic E-state index is 0.101. The first-order valence-electron chi connectivity index (χ1n) is 11.4. The van der Waals surface area contributed by atoms with E-state index in [1.54, 1.807) is 17.2 Å². The highest BCUT2D eigenvalue weighted by molar-refractivity contribution is 6.05. The summed E-state index contributed by atoms with van der Waals surface area (Å²) in [5.74, 6) is -0.101. The Bertz CT molecular complexity index is 1060. The molecule has 6 heteroatoms. The molecule has 170 valence electrons. The first kappa shape index (κ1) is 22.7. The van der Waals surface area contributed by atoms with E-state index in [1.165, 1.54) is 5.56 Å². The van der Waals surface area contributed by atoms with Crippen molar-refractivity contribution in [1.82, 2.24) is 20.5 Å². The lowest BCUT2D eigenvalue weighted by Crippen LogP contribution is -2.59. The predicted molar refractivity (Wildman–Crippen MR) is 129 cm³/mol. The van der Waals surface area contributed by atoms with Gasteiger partial charge in [-0.3, -0.25) is 9.78 Å². The van der Waals surface area contributed by atoms with Crippen LogP contribution in [-0.4, -0.2) is 46.9 Å². The molecule has 4 rings (SSSR count). The number of nitrogens with zero attached hydrogens (tertiary/aromatic N) is 2. The van der Waals surface area contributed by atoms with Crippen molar-refractivity contribution in [2.45, 2.75) is 31.8 Å². The van der Waals surface area contributed by atoms with Crippen molar-refractivity contribution in [2.75, 3.05) is 19.6 Å². The highest BCUT2D eigenvalue weighted by Gasteiger charge is 2.43. The van der Waals surface area contributed by atoms with Crippen LogP contribution in [-0.2, 0) is 13.0 Å². The number of Topliss-reactive ketones (excluding diaryl/α,β-unsaturated/α-hetero) is 1. The van der Waals surface area contributed by atoms with Crippen LogP contribution in [0.4, 0.5) is 4.79 Å². The predicted octanol–water partition coefficient (Wildman–Crippen LogP) is 3.76. The molecule has 2 heterocycles. The standard InChI is InChI=1S/C27H30N4O2/c1-21-12-13-24(18-29-21)25(32)27(15-16-28-20-27)30-26(33)31(19-23-10-6-3-7-11-23)17-14-22-8-4-2-5-9-22/h2-13,18,28H,14-17,19-20H2,1H3,(H,30,33)/t27-/m1/s1. The van der Waals surface area contributed by atoms with E-state index in [4.69, 9.17) is 0 Å². The van der Waals surface area contributed by atoms with Crippen LogP contribution < -0.4 is 10.6 Å². The zero-order valence-corrected chi connectivity index (χ0v) is 19.0. The number of urea groups is 1. The number of amides is 2. The lowest BCUT2D eigenvalue weighted by molar-refractivity contribution is 0.0862. The molecule has 0 aliphatic carbocycles. The van der Waals surface area contributed by atoms with E-state index in [0.717, 1.165) is 17.7 Å². The van der Waals surface area contributed by atoms with E-state index in [2.05, 4.69) is 27.8 Å². The summed E-state index contributed by atoms with van der Waals surface area (Å²) in [4.78, 5) is 33.1. The molecule has 1 saturated heterocycles. The van der Waals surface area contributed by atoms with Gasteiger partial charge in [0.25, 0.3) is 0 Å². The highest BCUT2D eigenvalue weighted by atomic mass is 16.2. The normalized spacial score (nSPS) is 17.5. The SMILES string of the molecule is Cc1ccc(C(=O)[C@@]2(NC(=O)N(CCc3ccccc3)Cc3ccccc3)CCNC2)cn1. The van der Waals surface area contributed by atoms with E-state index in [9.17, 15) is 9.59 Å². The van der Waals surface area contributed by atoms with Crippen LogP contribution in [0.25, 0.3) is 0 Å². The summed E-state index contributed by atoms with van der Waals surface area (Å²) in [6.07, 6.45) is 2.88. The second kappa shape index (κ2) is 10.4. The van der Waals surface area contributed by atoms with Gasteiger partial charge in [-0.2, -0.15) is 0 Å². The number of hydrogen-bond donors (Lipinski definition) is 2. The summed E-state index contributed by atoms with van der Waals surface area (Å²) >= 11 is 0. The minimum atomic E-state index is -0.976. The van der Waals surface area contributed by atoms with Crippen molar-refractivity contribution in [1.29, 1.82) is 0 Å². The van der Waals surface area contributed by atoms with E-state index in [1.807, 2.05) is 61.5 Å². The van der Waals surface area contributed by atoms with Gasteiger partial charge >= 0.3 is 6.03 Å². The van der Waals surface area contributed by atoms with Gasteiger partial charge in [0.15, 0.2) is 5.78 Å². The molecule has 33 heavy (non-hydrogen) atoms. The molecule has 0 radical (unpaired) electrons. The van der Waals surface area contributed by atoms with Crippen LogP contribution in [0.15, 0.2) is 79.0 Å². The molecular formula is C27H30N4O2. The Morgan fingerprint density at radius 3 is 2.30 bits per heavy atom. The van der Waals surface area contributed by atoms with Gasteiger partial charge < -0.3 is 15.5 Å². The van der Waals surface area contributed by atoms with Gasteiger partial charge in [0.2, 0.25) is 0 Å². The first-order valence-corrected chi connectivity index (χ1v) is 11.4. The second-order valence-electron chi connectivity index (χ2n) is 8.60. The second-order valence-corrected chi connectivity index (χ2v) is 8.60. The summed E-state index contributed by atoms with van der Waals surface area (Å²) in [6.45, 7) is 3.99. The van der Waals surface area contributed by atoms with Crippen LogP contribution in [0.2, 0.25) is 0 Å². The number of nitrogens with one attached hydrogen (secondary N) is 2. The van der Waals surface area contributed by atoms with Gasteiger partial charge in [-0.1, -0.05) is 60.7 Å². The van der Waals surface area contributed by atoms with E-state index >= 15 is 0 Å². The van der Waals surface area contributed by atoms with Crippen molar-refractivity contribution >= 4 is 11.8 Å². The fraction of sp³-hybridized carbons (Fsp3) is 0.296. The maximum atomic E-state index is 13.5. The number of ketones is 1. The molecular weight excluding hydrogens is 412 g/mol. The van der Waals surface area contributed by atoms with Crippen LogP contribution in [0.5, 0.6) is 0 Å². The molecule has 0 unspecified atom stereocenters. The average molecular weight is 443 g/mol. The summed E-state index contributed by atoms with van der Waals surface area (Å²) in [7, 11) is 0. The maximum Gasteiger partial charge on any atom is 0.318 e. The van der Waals surface area contributed by atoms with Crippen LogP contribution in [0, 0.1) is 6.92 Å². The third kappa shape index (κ3) is 5.65. The van der Waals surface area contributed by atoms with Crippen molar-refractivity contribution in [3.05, 3.63) is 101 Å². The third-order valence-corrected chi connectivity index (χ3v) is 6.13.